The fraction of sp³-hybridized carbons (Fsp3) is 1.00. The molecule has 0 aliphatic rings. The summed E-state index contributed by atoms with van der Waals surface area (Å²) in [5, 5.41) is 0. The number of hydrogen-bond donors (Lipinski definition) is 0. The van der Waals surface area contributed by atoms with Gasteiger partial charge in [0.15, 0.2) is 0 Å². The summed E-state index contributed by atoms with van der Waals surface area (Å²) < 4.78 is 5.20. The molecule has 0 spiro atoms. The molecule has 7 heavy (non-hydrogen) atoms. The van der Waals surface area contributed by atoms with Gasteiger partial charge in [-0.05, 0) is 0 Å². The third kappa shape index (κ3) is 3.20. The summed E-state index contributed by atoms with van der Waals surface area (Å²) in [5.41, 5.74) is 0. The molecule has 42 valence electrons. The predicted molar refractivity (Wildman–Crippen MR) is 33.9 cm³/mol. The van der Waals surface area contributed by atoms with E-state index in [0.29, 0.717) is 31.0 Å². The summed E-state index contributed by atoms with van der Waals surface area (Å²) in [5.74, 6) is 0.690. The molecule has 0 radical (unpaired) electrons. The molecular formula is C5H13GaO. The Labute approximate surface area is 55.8 Å². The fourth-order valence-corrected chi connectivity index (χ4v) is 1.41. The molecule has 1 nitrogen and oxygen atoms in total. The van der Waals surface area contributed by atoms with E-state index in [2.05, 4.69) is 20.8 Å². The second-order valence-corrected chi connectivity index (χ2v) is 3.17. The Kier molecular flexibility index (Phi) is 3.89. The minimum atomic E-state index is 0.486. The SMILES string of the molecule is CC(C)C(C)[O][GaH2]. The predicted octanol–water partition coefficient (Wildman–Crippen LogP) is 0.596. The molecule has 0 aromatic carbocycles. The van der Waals surface area contributed by atoms with E-state index in [1.807, 2.05) is 0 Å². The zero-order chi connectivity index (χ0) is 5.86. The summed E-state index contributed by atoms with van der Waals surface area (Å²) >= 11 is 0.566. The van der Waals surface area contributed by atoms with Crippen molar-refractivity contribution in [3.8, 4) is 0 Å². The fourth-order valence-electron chi connectivity index (χ4n) is 0.272. The maximum atomic E-state index is 5.20. The van der Waals surface area contributed by atoms with Crippen LogP contribution in [0.3, 0.4) is 0 Å². The number of hydrogen-bond acceptors (Lipinski definition) is 1. The van der Waals surface area contributed by atoms with Gasteiger partial charge in [-0.2, -0.15) is 0 Å². The standard InChI is InChI=1S/C5H11O.Ga.2H/c1-4(2)5(3)6;;;/h4-5H,1-3H3;;;/q-1;+1;;. The van der Waals surface area contributed by atoms with E-state index in [-0.39, 0.29) is 0 Å². The van der Waals surface area contributed by atoms with Gasteiger partial charge in [0, 0.05) is 0 Å². The first-order chi connectivity index (χ1) is 3.18. The van der Waals surface area contributed by atoms with Crippen LogP contribution in [0.5, 0.6) is 0 Å². The normalized spacial score (nSPS) is 14.9. The van der Waals surface area contributed by atoms with Gasteiger partial charge in [0.1, 0.15) is 0 Å². The van der Waals surface area contributed by atoms with Crippen molar-refractivity contribution < 1.29 is 3.53 Å². The van der Waals surface area contributed by atoms with E-state index in [0.717, 1.165) is 0 Å². The molecule has 0 saturated heterocycles. The third-order valence-electron chi connectivity index (χ3n) is 1.31. The summed E-state index contributed by atoms with van der Waals surface area (Å²) in [4.78, 5) is 0. The molecule has 0 aliphatic heterocycles. The Hall–Kier alpha value is 0.596. The molecule has 1 unspecified atom stereocenters. The van der Waals surface area contributed by atoms with Gasteiger partial charge in [0.2, 0.25) is 0 Å². The minimum absolute atomic E-state index is 0.486. The topological polar surface area (TPSA) is 9.23 Å². The third-order valence-corrected chi connectivity index (χ3v) is 2.87. The molecule has 0 aliphatic carbocycles. The Bertz CT molecular complexity index is 45.3. The van der Waals surface area contributed by atoms with Crippen molar-refractivity contribution in [1.29, 1.82) is 0 Å². The first-order valence-electron chi connectivity index (χ1n) is 2.71. The van der Waals surface area contributed by atoms with Gasteiger partial charge in [0.25, 0.3) is 0 Å². The van der Waals surface area contributed by atoms with Crippen LogP contribution in [0.1, 0.15) is 20.8 Å². The van der Waals surface area contributed by atoms with Gasteiger partial charge in [0.05, 0.1) is 0 Å². The summed E-state index contributed by atoms with van der Waals surface area (Å²) in [6.45, 7) is 6.47. The molecule has 0 saturated carbocycles. The van der Waals surface area contributed by atoms with E-state index in [1.165, 1.54) is 0 Å². The average molecular weight is 159 g/mol. The van der Waals surface area contributed by atoms with Crippen molar-refractivity contribution in [1.82, 2.24) is 0 Å². The van der Waals surface area contributed by atoms with E-state index in [4.69, 9.17) is 3.53 Å². The van der Waals surface area contributed by atoms with Crippen molar-refractivity contribution >= 4 is 19.0 Å². The zero-order valence-electron chi connectivity index (χ0n) is 5.56. The van der Waals surface area contributed by atoms with Gasteiger partial charge in [-0.3, -0.25) is 0 Å². The van der Waals surface area contributed by atoms with Crippen LogP contribution in [0.4, 0.5) is 0 Å². The quantitative estimate of drug-likeness (QED) is 0.535. The van der Waals surface area contributed by atoms with Crippen LogP contribution in [0.15, 0.2) is 0 Å². The van der Waals surface area contributed by atoms with Crippen molar-refractivity contribution in [2.75, 3.05) is 0 Å². The van der Waals surface area contributed by atoms with Gasteiger partial charge in [-0.15, -0.1) is 0 Å². The van der Waals surface area contributed by atoms with Crippen LogP contribution < -0.4 is 0 Å². The van der Waals surface area contributed by atoms with E-state index < -0.39 is 0 Å². The van der Waals surface area contributed by atoms with Crippen molar-refractivity contribution in [3.63, 3.8) is 0 Å². The molecule has 2 heteroatoms. The summed E-state index contributed by atoms with van der Waals surface area (Å²) in [6, 6.07) is 0. The molecule has 0 aromatic heterocycles. The van der Waals surface area contributed by atoms with Crippen LogP contribution in [-0.4, -0.2) is 25.1 Å². The van der Waals surface area contributed by atoms with Gasteiger partial charge in [-0.1, -0.05) is 0 Å². The van der Waals surface area contributed by atoms with Crippen LogP contribution in [0.25, 0.3) is 0 Å². The molecule has 0 fully saturated rings. The molecule has 0 aromatic rings. The Balaban J connectivity index is 3.14. The second-order valence-electron chi connectivity index (χ2n) is 2.18. The molecule has 0 amide bonds. The molecule has 0 N–H and O–H groups in total. The van der Waals surface area contributed by atoms with E-state index >= 15 is 0 Å². The van der Waals surface area contributed by atoms with E-state index in [9.17, 15) is 0 Å². The van der Waals surface area contributed by atoms with Crippen LogP contribution >= 0.6 is 0 Å². The Morgan fingerprint density at radius 3 is 1.71 bits per heavy atom. The summed E-state index contributed by atoms with van der Waals surface area (Å²) in [7, 11) is 0. The Morgan fingerprint density at radius 2 is 1.71 bits per heavy atom. The molecule has 0 heterocycles. The monoisotopic (exact) mass is 158 g/mol. The van der Waals surface area contributed by atoms with Gasteiger partial charge < -0.3 is 0 Å². The van der Waals surface area contributed by atoms with Crippen molar-refractivity contribution in [3.05, 3.63) is 0 Å². The maximum absolute atomic E-state index is 5.20. The van der Waals surface area contributed by atoms with E-state index in [1.54, 1.807) is 0 Å². The first kappa shape index (κ1) is 7.60. The summed E-state index contributed by atoms with van der Waals surface area (Å²) in [6.07, 6.45) is 0.486. The van der Waals surface area contributed by atoms with Crippen LogP contribution in [-0.2, 0) is 3.53 Å². The van der Waals surface area contributed by atoms with Crippen LogP contribution in [0, 0.1) is 5.92 Å². The Morgan fingerprint density at radius 1 is 1.29 bits per heavy atom. The van der Waals surface area contributed by atoms with Crippen LogP contribution in [0.2, 0.25) is 0 Å². The zero-order valence-corrected chi connectivity index (χ0v) is 9.76. The molecular weight excluding hydrogens is 146 g/mol. The van der Waals surface area contributed by atoms with Crippen molar-refractivity contribution in [2.45, 2.75) is 26.9 Å². The molecule has 1 atom stereocenters. The van der Waals surface area contributed by atoms with Gasteiger partial charge in [-0.25, -0.2) is 0 Å². The van der Waals surface area contributed by atoms with Crippen molar-refractivity contribution in [2.24, 2.45) is 5.92 Å². The molecule has 0 bridgehead atoms. The first-order valence-corrected chi connectivity index (χ1v) is 4.42. The number of rotatable bonds is 2. The average Bonchev–Trinajstić information content (AvgIpc) is 1.65. The molecule has 0 rings (SSSR count). The second kappa shape index (κ2) is 3.58. The van der Waals surface area contributed by atoms with Gasteiger partial charge >= 0.3 is 55.3 Å².